The van der Waals surface area contributed by atoms with Crippen molar-refractivity contribution in [3.05, 3.63) is 273 Å². The van der Waals surface area contributed by atoms with Gasteiger partial charge in [-0.15, -0.1) is 11.3 Å². The monoisotopic (exact) mass is 935 g/mol. The van der Waals surface area contributed by atoms with Crippen molar-refractivity contribution in [2.45, 2.75) is 0 Å². The lowest BCUT2D eigenvalue weighted by Gasteiger charge is -2.27. The molecule has 3 nitrogen and oxygen atoms in total. The van der Waals surface area contributed by atoms with E-state index in [9.17, 15) is 0 Å². The lowest BCUT2D eigenvalue weighted by Crippen LogP contribution is -2.10. The zero-order valence-corrected chi connectivity index (χ0v) is 40.0. The second-order valence-corrected chi connectivity index (χ2v) is 19.5. The second-order valence-electron chi connectivity index (χ2n) is 18.5. The Morgan fingerprint density at radius 3 is 1.21 bits per heavy atom. The maximum absolute atomic E-state index is 2.49. The van der Waals surface area contributed by atoms with Gasteiger partial charge in [0.1, 0.15) is 0 Å². The SMILES string of the molecule is c1ccc(N(c2ccc(-c3ccc4c(c3)c3cc(-c5ccc(N(c6ccccc6)c6cccc7ccccc67)cc5)ccc3n4-c3cccc4c3sc3ccccc34)cc2)c2cccc3ccccc23)cc1. The van der Waals surface area contributed by atoms with Crippen LogP contribution in [0.25, 0.3) is 91.5 Å². The zero-order valence-electron chi connectivity index (χ0n) is 39.2. The van der Waals surface area contributed by atoms with Gasteiger partial charge in [0.15, 0.2) is 0 Å². The molecule has 0 radical (unpaired) electrons. The van der Waals surface area contributed by atoms with E-state index in [-0.39, 0.29) is 0 Å². The van der Waals surface area contributed by atoms with E-state index in [0.717, 1.165) is 34.1 Å². The molecule has 0 aliphatic heterocycles. The fourth-order valence-electron chi connectivity index (χ4n) is 11.0. The molecule has 0 fully saturated rings. The molecule has 0 N–H and O–H groups in total. The van der Waals surface area contributed by atoms with Crippen molar-refractivity contribution in [1.82, 2.24) is 4.57 Å². The van der Waals surface area contributed by atoms with E-state index in [2.05, 4.69) is 287 Å². The van der Waals surface area contributed by atoms with Crippen molar-refractivity contribution in [2.24, 2.45) is 0 Å². The van der Waals surface area contributed by atoms with Gasteiger partial charge in [0.25, 0.3) is 0 Å². The number of aromatic nitrogens is 1. The van der Waals surface area contributed by atoms with Crippen LogP contribution in [0.15, 0.2) is 273 Å². The third-order valence-corrected chi connectivity index (χ3v) is 15.6. The highest BCUT2D eigenvalue weighted by atomic mass is 32.1. The van der Waals surface area contributed by atoms with Crippen molar-refractivity contribution >= 4 is 109 Å². The zero-order chi connectivity index (χ0) is 47.5. The first-order chi connectivity index (χ1) is 35.7. The van der Waals surface area contributed by atoms with Gasteiger partial charge in [-0.3, -0.25) is 0 Å². The molecule has 0 aliphatic carbocycles. The van der Waals surface area contributed by atoms with Crippen LogP contribution in [-0.2, 0) is 0 Å². The molecular weight excluding hydrogens is 891 g/mol. The summed E-state index contributed by atoms with van der Waals surface area (Å²) in [5.41, 5.74) is 15.0. The largest absolute Gasteiger partial charge is 0.310 e. The molecular formula is C68H45N3S. The van der Waals surface area contributed by atoms with Gasteiger partial charge in [0, 0.05) is 59.8 Å². The molecule has 14 aromatic rings. The minimum Gasteiger partial charge on any atom is -0.310 e. The van der Waals surface area contributed by atoms with E-state index in [0.29, 0.717) is 0 Å². The van der Waals surface area contributed by atoms with E-state index < -0.39 is 0 Å². The molecule has 0 unspecified atom stereocenters. The smallest absolute Gasteiger partial charge is 0.0640 e. The molecule has 338 valence electrons. The maximum atomic E-state index is 2.49. The summed E-state index contributed by atoms with van der Waals surface area (Å²) >= 11 is 1.88. The number of thiophene rings is 1. The van der Waals surface area contributed by atoms with Gasteiger partial charge in [0.05, 0.1) is 32.8 Å². The Kier molecular flexibility index (Phi) is 10.0. The highest BCUT2D eigenvalue weighted by Crippen LogP contribution is 2.45. The van der Waals surface area contributed by atoms with Gasteiger partial charge in [-0.25, -0.2) is 0 Å². The van der Waals surface area contributed by atoms with E-state index in [1.165, 1.54) is 91.5 Å². The van der Waals surface area contributed by atoms with Gasteiger partial charge in [-0.1, -0.05) is 176 Å². The van der Waals surface area contributed by atoms with Gasteiger partial charge in [-0.05, 0) is 130 Å². The molecule has 0 atom stereocenters. The Bertz CT molecular complexity index is 4090. The van der Waals surface area contributed by atoms with Crippen LogP contribution in [0.1, 0.15) is 0 Å². The normalized spacial score (nSPS) is 11.6. The van der Waals surface area contributed by atoms with Crippen molar-refractivity contribution in [2.75, 3.05) is 9.80 Å². The van der Waals surface area contributed by atoms with Gasteiger partial charge < -0.3 is 14.4 Å². The van der Waals surface area contributed by atoms with Crippen molar-refractivity contribution in [3.63, 3.8) is 0 Å². The number of hydrogen-bond acceptors (Lipinski definition) is 3. The highest BCUT2D eigenvalue weighted by Gasteiger charge is 2.21. The van der Waals surface area contributed by atoms with Crippen LogP contribution in [0, 0.1) is 0 Å². The number of fused-ring (bicyclic) bond motifs is 8. The molecule has 0 bridgehead atoms. The molecule has 2 heterocycles. The summed E-state index contributed by atoms with van der Waals surface area (Å²) in [6, 6.07) is 99.6. The molecule has 0 saturated carbocycles. The molecule has 0 saturated heterocycles. The number of benzene rings is 12. The first-order valence-electron chi connectivity index (χ1n) is 24.6. The van der Waals surface area contributed by atoms with E-state index in [1.807, 2.05) is 11.3 Å². The van der Waals surface area contributed by atoms with Crippen molar-refractivity contribution in [3.8, 4) is 27.9 Å². The van der Waals surface area contributed by atoms with Crippen LogP contribution in [0.5, 0.6) is 0 Å². The van der Waals surface area contributed by atoms with Crippen LogP contribution in [-0.4, -0.2) is 4.57 Å². The number of para-hydroxylation sites is 2. The Morgan fingerprint density at radius 2 is 0.681 bits per heavy atom. The van der Waals surface area contributed by atoms with E-state index in [4.69, 9.17) is 0 Å². The lowest BCUT2D eigenvalue weighted by molar-refractivity contribution is 1.20. The average Bonchev–Trinajstić information content (AvgIpc) is 4.00. The molecule has 14 rings (SSSR count). The summed E-state index contributed by atoms with van der Waals surface area (Å²) in [6.07, 6.45) is 0. The standard InChI is InChI=1S/C68H45N3S/c1-3-20-52(21-4-1)69(62-28-13-18-48-16-7-9-24-56(48)62)54-38-32-46(33-39-54)50-36-42-64-60(44-50)61-45-51(37-43-65(61)71(64)66-30-15-27-59-58-26-11-12-31-67(58)72-68(59)66)47-34-40-55(41-35-47)70(53-22-5-2-6-23-53)63-29-14-19-49-17-8-10-25-57(49)63/h1-45H. The van der Waals surface area contributed by atoms with Gasteiger partial charge in [-0.2, -0.15) is 0 Å². The average molecular weight is 936 g/mol. The molecule has 2 aromatic heterocycles. The van der Waals surface area contributed by atoms with Crippen LogP contribution in [0.4, 0.5) is 34.1 Å². The molecule has 0 aliphatic rings. The Labute approximate surface area is 422 Å². The van der Waals surface area contributed by atoms with Crippen LogP contribution in [0.3, 0.4) is 0 Å². The fourth-order valence-corrected chi connectivity index (χ4v) is 12.2. The van der Waals surface area contributed by atoms with Crippen LogP contribution >= 0.6 is 11.3 Å². The molecule has 4 heteroatoms. The maximum Gasteiger partial charge on any atom is 0.0640 e. The minimum atomic E-state index is 1.11. The minimum absolute atomic E-state index is 1.11. The first-order valence-corrected chi connectivity index (χ1v) is 25.4. The predicted molar refractivity (Wildman–Crippen MR) is 309 cm³/mol. The number of nitrogens with zero attached hydrogens (tertiary/aromatic N) is 3. The third-order valence-electron chi connectivity index (χ3n) is 14.4. The summed E-state index contributed by atoms with van der Waals surface area (Å²) in [6.45, 7) is 0. The predicted octanol–water partition coefficient (Wildman–Crippen LogP) is 19.7. The topological polar surface area (TPSA) is 11.4 Å². The summed E-state index contributed by atoms with van der Waals surface area (Å²) in [7, 11) is 0. The second kappa shape index (κ2) is 17.3. The Morgan fingerprint density at radius 1 is 0.278 bits per heavy atom. The molecule has 72 heavy (non-hydrogen) atoms. The van der Waals surface area contributed by atoms with Gasteiger partial charge in [0.2, 0.25) is 0 Å². The van der Waals surface area contributed by atoms with Crippen molar-refractivity contribution in [1.29, 1.82) is 0 Å². The van der Waals surface area contributed by atoms with Crippen molar-refractivity contribution < 1.29 is 0 Å². The molecule has 12 aromatic carbocycles. The summed E-state index contributed by atoms with van der Waals surface area (Å²) in [4.78, 5) is 4.74. The highest BCUT2D eigenvalue weighted by molar-refractivity contribution is 7.26. The van der Waals surface area contributed by atoms with E-state index >= 15 is 0 Å². The van der Waals surface area contributed by atoms with E-state index in [1.54, 1.807) is 0 Å². The Balaban J connectivity index is 0.904. The first kappa shape index (κ1) is 41.7. The summed E-state index contributed by atoms with van der Waals surface area (Å²) < 4.78 is 5.08. The molecule has 0 amide bonds. The lowest BCUT2D eigenvalue weighted by atomic mass is 9.99. The third kappa shape index (κ3) is 7.03. The molecule has 0 spiro atoms. The number of hydrogen-bond donors (Lipinski definition) is 0. The summed E-state index contributed by atoms with van der Waals surface area (Å²) in [5.74, 6) is 0. The number of rotatable bonds is 9. The quantitative estimate of drug-likeness (QED) is 0.143. The number of anilines is 6. The van der Waals surface area contributed by atoms with Crippen LogP contribution in [0.2, 0.25) is 0 Å². The Hall–Kier alpha value is -9.22. The summed E-state index contributed by atoms with van der Waals surface area (Å²) in [5, 5.41) is 9.89. The van der Waals surface area contributed by atoms with Gasteiger partial charge >= 0.3 is 0 Å². The van der Waals surface area contributed by atoms with Crippen LogP contribution < -0.4 is 9.80 Å². The fraction of sp³-hybridized carbons (Fsp3) is 0.